The zero-order chi connectivity index (χ0) is 8.27. The van der Waals surface area contributed by atoms with Gasteiger partial charge in [-0.3, -0.25) is 0 Å². The van der Waals surface area contributed by atoms with Crippen LogP contribution < -0.4 is 0 Å². The van der Waals surface area contributed by atoms with Crippen molar-refractivity contribution in [2.75, 3.05) is 0 Å². The lowest BCUT2D eigenvalue weighted by Crippen LogP contribution is -1.79. The van der Waals surface area contributed by atoms with E-state index in [1.807, 2.05) is 19.2 Å². The predicted molar refractivity (Wildman–Crippen MR) is 50.2 cm³/mol. The Balaban J connectivity index is 3.12. The molecule has 1 heterocycles. The van der Waals surface area contributed by atoms with Crippen molar-refractivity contribution in [3.05, 3.63) is 36.2 Å². The van der Waals surface area contributed by atoms with Crippen molar-refractivity contribution < 1.29 is 0 Å². The average molecular weight is 147 g/mol. The minimum atomic E-state index is 1.10. The fourth-order valence-electron chi connectivity index (χ4n) is 1.05. The molecule has 0 bridgehead atoms. The van der Waals surface area contributed by atoms with Crippen LogP contribution in [0.3, 0.4) is 0 Å². The summed E-state index contributed by atoms with van der Waals surface area (Å²) in [5, 5.41) is 0. The topological polar surface area (TPSA) is 15.8 Å². The number of allylic oxidation sites excluding steroid dienone is 2. The Bertz CT molecular complexity index is 279. The first kappa shape index (κ1) is 7.86. The minimum Gasteiger partial charge on any atom is -0.361 e. The second-order valence-electron chi connectivity index (χ2n) is 2.48. The number of hydrogen-bond acceptors (Lipinski definition) is 0. The number of hydrogen-bond donors (Lipinski definition) is 1. The molecule has 0 spiro atoms. The molecule has 1 N–H and O–H groups in total. The van der Waals surface area contributed by atoms with Crippen molar-refractivity contribution in [1.29, 1.82) is 0 Å². The number of aromatic nitrogens is 1. The molecule has 0 aromatic carbocycles. The quantitative estimate of drug-likeness (QED) is 0.661. The third kappa shape index (κ3) is 1.43. The molecule has 58 valence electrons. The summed E-state index contributed by atoms with van der Waals surface area (Å²) in [5.74, 6) is 0. The van der Waals surface area contributed by atoms with Crippen LogP contribution in [0.25, 0.3) is 11.6 Å². The van der Waals surface area contributed by atoms with Crippen molar-refractivity contribution in [1.82, 2.24) is 4.98 Å². The summed E-state index contributed by atoms with van der Waals surface area (Å²) in [5.41, 5.74) is 3.62. The summed E-state index contributed by atoms with van der Waals surface area (Å²) in [6.45, 7) is 7.85. The molecule has 11 heavy (non-hydrogen) atoms. The third-order valence-electron chi connectivity index (χ3n) is 1.84. The van der Waals surface area contributed by atoms with Gasteiger partial charge in [0.1, 0.15) is 0 Å². The normalized spacial score (nSPS) is 11.6. The van der Waals surface area contributed by atoms with Crippen molar-refractivity contribution in [2.45, 2.75) is 13.8 Å². The lowest BCUT2D eigenvalue weighted by molar-refractivity contribution is 1.37. The Morgan fingerprint density at radius 2 is 2.36 bits per heavy atom. The smallest absolute Gasteiger partial charge is 0.0450 e. The molecule has 1 heteroatoms. The molecule has 0 amide bonds. The fraction of sp³-hybridized carbons (Fsp3) is 0.200. The lowest BCUT2D eigenvalue weighted by Gasteiger charge is -1.97. The fourth-order valence-corrected chi connectivity index (χ4v) is 1.05. The Morgan fingerprint density at radius 3 is 2.91 bits per heavy atom. The highest BCUT2D eigenvalue weighted by Crippen LogP contribution is 2.17. The van der Waals surface area contributed by atoms with E-state index in [-0.39, 0.29) is 0 Å². The monoisotopic (exact) mass is 147 g/mol. The lowest BCUT2D eigenvalue weighted by atomic mass is 10.1. The molecule has 0 atom stereocenters. The predicted octanol–water partition coefficient (Wildman–Crippen LogP) is 3.08. The van der Waals surface area contributed by atoms with Crippen molar-refractivity contribution in [3.8, 4) is 0 Å². The molecule has 0 aliphatic carbocycles. The SMILES string of the molecule is C=Cc1[nH]ccc1/C(C)=C\C. The van der Waals surface area contributed by atoms with E-state index in [1.54, 1.807) is 0 Å². The molecular weight excluding hydrogens is 134 g/mol. The summed E-state index contributed by atoms with van der Waals surface area (Å²) in [6.07, 6.45) is 5.86. The molecule has 1 aromatic rings. The Morgan fingerprint density at radius 1 is 1.64 bits per heavy atom. The minimum absolute atomic E-state index is 1.10. The average Bonchev–Trinajstić information content (AvgIpc) is 2.50. The molecule has 0 radical (unpaired) electrons. The molecule has 0 unspecified atom stereocenters. The highest BCUT2D eigenvalue weighted by atomic mass is 14.7. The molecule has 1 rings (SSSR count). The van der Waals surface area contributed by atoms with Gasteiger partial charge in [-0.05, 0) is 31.6 Å². The number of aromatic amines is 1. The van der Waals surface area contributed by atoms with Crippen LogP contribution in [0.15, 0.2) is 24.9 Å². The molecule has 0 saturated carbocycles. The van der Waals surface area contributed by atoms with Crippen molar-refractivity contribution >= 4 is 11.6 Å². The van der Waals surface area contributed by atoms with Crippen molar-refractivity contribution in [2.24, 2.45) is 0 Å². The van der Waals surface area contributed by atoms with Crippen LogP contribution in [0.1, 0.15) is 25.1 Å². The molecule has 0 aliphatic heterocycles. The number of H-pyrrole nitrogens is 1. The van der Waals surface area contributed by atoms with Crippen LogP contribution >= 0.6 is 0 Å². The Labute approximate surface area is 67.5 Å². The van der Waals surface area contributed by atoms with Crippen molar-refractivity contribution in [3.63, 3.8) is 0 Å². The van der Waals surface area contributed by atoms with E-state index in [2.05, 4.69) is 30.6 Å². The van der Waals surface area contributed by atoms with Gasteiger partial charge in [0, 0.05) is 17.5 Å². The van der Waals surface area contributed by atoms with E-state index >= 15 is 0 Å². The second kappa shape index (κ2) is 3.24. The molecular formula is C10H13N. The number of rotatable bonds is 2. The first-order valence-corrected chi connectivity index (χ1v) is 3.72. The zero-order valence-electron chi connectivity index (χ0n) is 7.02. The maximum Gasteiger partial charge on any atom is 0.0450 e. The van der Waals surface area contributed by atoms with E-state index in [4.69, 9.17) is 0 Å². The Kier molecular flexibility index (Phi) is 2.32. The first-order valence-electron chi connectivity index (χ1n) is 3.72. The molecule has 0 saturated heterocycles. The van der Waals surface area contributed by atoms with Crippen LogP contribution in [0.4, 0.5) is 0 Å². The summed E-state index contributed by atoms with van der Waals surface area (Å²) in [7, 11) is 0. The number of nitrogens with one attached hydrogen (secondary N) is 1. The van der Waals surface area contributed by atoms with Gasteiger partial charge in [0.05, 0.1) is 0 Å². The van der Waals surface area contributed by atoms with Gasteiger partial charge in [0.25, 0.3) is 0 Å². The Hall–Kier alpha value is -1.24. The van der Waals surface area contributed by atoms with Gasteiger partial charge in [-0.15, -0.1) is 0 Å². The highest BCUT2D eigenvalue weighted by molar-refractivity contribution is 5.70. The standard InChI is InChI=1S/C10H13N/c1-4-8(3)9-6-7-11-10(9)5-2/h4-7,11H,2H2,1,3H3/b8-4-. The largest absolute Gasteiger partial charge is 0.361 e. The van der Waals surface area contributed by atoms with Gasteiger partial charge in [-0.1, -0.05) is 12.7 Å². The van der Waals surface area contributed by atoms with Crippen LogP contribution in [0.2, 0.25) is 0 Å². The van der Waals surface area contributed by atoms with Gasteiger partial charge in [-0.25, -0.2) is 0 Å². The van der Waals surface area contributed by atoms with Crippen LogP contribution in [0.5, 0.6) is 0 Å². The van der Waals surface area contributed by atoms with Gasteiger partial charge >= 0.3 is 0 Å². The molecule has 0 aliphatic rings. The summed E-state index contributed by atoms with van der Waals surface area (Å²) < 4.78 is 0. The highest BCUT2D eigenvalue weighted by Gasteiger charge is 1.99. The van der Waals surface area contributed by atoms with Gasteiger partial charge in [0.2, 0.25) is 0 Å². The van der Waals surface area contributed by atoms with Crippen LogP contribution in [-0.2, 0) is 0 Å². The second-order valence-corrected chi connectivity index (χ2v) is 2.48. The summed E-state index contributed by atoms with van der Waals surface area (Å²) >= 11 is 0. The van der Waals surface area contributed by atoms with Gasteiger partial charge in [0.15, 0.2) is 0 Å². The van der Waals surface area contributed by atoms with Crippen LogP contribution in [0, 0.1) is 0 Å². The maximum absolute atomic E-state index is 3.72. The van der Waals surface area contributed by atoms with E-state index in [9.17, 15) is 0 Å². The first-order chi connectivity index (χ1) is 5.29. The molecule has 0 fully saturated rings. The maximum atomic E-state index is 3.72. The van der Waals surface area contributed by atoms with Gasteiger partial charge < -0.3 is 4.98 Å². The van der Waals surface area contributed by atoms with E-state index < -0.39 is 0 Å². The molecule has 1 aromatic heterocycles. The summed E-state index contributed by atoms with van der Waals surface area (Å²) in [4.78, 5) is 3.11. The van der Waals surface area contributed by atoms with Crippen LogP contribution in [-0.4, -0.2) is 4.98 Å². The zero-order valence-corrected chi connectivity index (χ0v) is 7.02. The van der Waals surface area contributed by atoms with Gasteiger partial charge in [-0.2, -0.15) is 0 Å². The van der Waals surface area contributed by atoms with E-state index in [0.717, 1.165) is 5.69 Å². The summed E-state index contributed by atoms with van der Waals surface area (Å²) in [6, 6.07) is 2.06. The third-order valence-corrected chi connectivity index (χ3v) is 1.84. The van der Waals surface area contributed by atoms with E-state index in [0.29, 0.717) is 0 Å². The van der Waals surface area contributed by atoms with E-state index in [1.165, 1.54) is 11.1 Å². The molecule has 1 nitrogen and oxygen atoms in total.